The fourth-order valence-electron chi connectivity index (χ4n) is 2.97. The Balaban J connectivity index is 1.65. The van der Waals surface area contributed by atoms with E-state index in [1.807, 2.05) is 11.6 Å². The molecule has 0 amide bonds. The molecule has 0 unspecified atom stereocenters. The number of benzene rings is 1. The lowest BCUT2D eigenvalue weighted by molar-refractivity contribution is 0.322. The average Bonchev–Trinajstić information content (AvgIpc) is 3.19. The highest BCUT2D eigenvalue weighted by molar-refractivity contribution is 7.17. The minimum Gasteiger partial charge on any atom is -0.296 e. The molecule has 5 heteroatoms. The van der Waals surface area contributed by atoms with E-state index in [0.717, 1.165) is 23.9 Å². The van der Waals surface area contributed by atoms with Crippen LogP contribution in [0.1, 0.15) is 24.5 Å². The number of fused-ring (bicyclic) bond motifs is 1. The van der Waals surface area contributed by atoms with E-state index < -0.39 is 0 Å². The van der Waals surface area contributed by atoms with Crippen LogP contribution in [0.4, 0.5) is 0 Å². The molecule has 3 heterocycles. The van der Waals surface area contributed by atoms with Crippen LogP contribution in [0.5, 0.6) is 0 Å². The van der Waals surface area contributed by atoms with Gasteiger partial charge in [-0.25, -0.2) is 9.67 Å². The summed E-state index contributed by atoms with van der Waals surface area (Å²) in [5, 5.41) is 8.12. The number of aryl methyl sites for hydroxylation is 1. The van der Waals surface area contributed by atoms with Gasteiger partial charge >= 0.3 is 0 Å². The predicted octanol–water partition coefficient (Wildman–Crippen LogP) is 3.39. The van der Waals surface area contributed by atoms with Crippen molar-refractivity contribution in [3.63, 3.8) is 0 Å². The van der Waals surface area contributed by atoms with Crippen molar-refractivity contribution in [2.75, 3.05) is 13.1 Å². The van der Waals surface area contributed by atoms with Crippen LogP contribution in [0.3, 0.4) is 0 Å². The number of likely N-dealkylation sites (tertiary alicyclic amines) is 1. The summed E-state index contributed by atoms with van der Waals surface area (Å²) in [6.07, 6.45) is 2.60. The Morgan fingerprint density at radius 2 is 2.05 bits per heavy atom. The minimum atomic E-state index is 0.870. The molecule has 0 bridgehead atoms. The maximum atomic E-state index is 4.70. The second kappa shape index (κ2) is 5.24. The molecule has 0 aliphatic carbocycles. The third-order valence-electron chi connectivity index (χ3n) is 4.06. The van der Waals surface area contributed by atoms with Gasteiger partial charge in [0.25, 0.3) is 0 Å². The van der Waals surface area contributed by atoms with E-state index in [0.29, 0.717) is 0 Å². The second-order valence-corrected chi connectivity index (χ2v) is 6.56. The lowest BCUT2D eigenvalue weighted by Gasteiger charge is -2.10. The lowest BCUT2D eigenvalue weighted by atomic mass is 10.2. The van der Waals surface area contributed by atoms with Crippen molar-refractivity contribution >= 4 is 21.4 Å². The lowest BCUT2D eigenvalue weighted by Crippen LogP contribution is -2.19. The number of thiophene rings is 1. The van der Waals surface area contributed by atoms with E-state index in [1.54, 1.807) is 11.3 Å². The number of nitrogens with zero attached hydrogens (tertiary/aromatic N) is 4. The molecule has 1 aromatic carbocycles. The van der Waals surface area contributed by atoms with Crippen LogP contribution in [0.2, 0.25) is 0 Å². The summed E-state index contributed by atoms with van der Waals surface area (Å²) in [4.78, 5) is 7.06. The third-order valence-corrected chi connectivity index (χ3v) is 4.94. The standard InChI is InChI=1S/C16H18N4S/c1-12-17-16(11-19-7-2-3-8-19)18-20(12)14-5-4-13-6-9-21-15(13)10-14/h4-6,9-10H,2-3,7-8,11H2,1H3. The summed E-state index contributed by atoms with van der Waals surface area (Å²) in [7, 11) is 0. The highest BCUT2D eigenvalue weighted by Gasteiger charge is 2.15. The molecule has 3 aromatic rings. The van der Waals surface area contributed by atoms with Crippen molar-refractivity contribution in [1.29, 1.82) is 0 Å². The Morgan fingerprint density at radius 3 is 2.90 bits per heavy atom. The van der Waals surface area contributed by atoms with Crippen molar-refractivity contribution in [1.82, 2.24) is 19.7 Å². The zero-order valence-electron chi connectivity index (χ0n) is 12.1. The second-order valence-electron chi connectivity index (χ2n) is 5.61. The normalized spacial score (nSPS) is 16.0. The molecule has 0 radical (unpaired) electrons. The minimum absolute atomic E-state index is 0.870. The van der Waals surface area contributed by atoms with Gasteiger partial charge in [-0.3, -0.25) is 4.90 Å². The number of hydrogen-bond donors (Lipinski definition) is 0. The smallest absolute Gasteiger partial charge is 0.165 e. The van der Waals surface area contributed by atoms with Crippen molar-refractivity contribution in [3.05, 3.63) is 41.3 Å². The molecule has 1 fully saturated rings. The van der Waals surface area contributed by atoms with E-state index in [9.17, 15) is 0 Å². The Kier molecular flexibility index (Phi) is 3.24. The molecule has 21 heavy (non-hydrogen) atoms. The topological polar surface area (TPSA) is 34.0 Å². The Bertz CT molecular complexity index is 768. The van der Waals surface area contributed by atoms with Crippen LogP contribution >= 0.6 is 11.3 Å². The summed E-state index contributed by atoms with van der Waals surface area (Å²) in [6.45, 7) is 5.25. The first-order chi connectivity index (χ1) is 10.3. The van der Waals surface area contributed by atoms with Gasteiger partial charge in [0, 0.05) is 4.70 Å². The Morgan fingerprint density at radius 1 is 1.19 bits per heavy atom. The van der Waals surface area contributed by atoms with Gasteiger partial charge in [-0.15, -0.1) is 16.4 Å². The van der Waals surface area contributed by atoms with E-state index in [1.165, 1.54) is 36.0 Å². The average molecular weight is 298 g/mol. The van der Waals surface area contributed by atoms with Crippen molar-refractivity contribution in [2.45, 2.75) is 26.3 Å². The molecule has 4 nitrogen and oxygen atoms in total. The van der Waals surface area contributed by atoms with Gasteiger partial charge in [0.2, 0.25) is 0 Å². The number of rotatable bonds is 3. The molecule has 4 rings (SSSR count). The van der Waals surface area contributed by atoms with Crippen molar-refractivity contribution in [3.8, 4) is 5.69 Å². The third kappa shape index (κ3) is 2.47. The van der Waals surface area contributed by atoms with Crippen LogP contribution in [0.15, 0.2) is 29.6 Å². The molecule has 1 aliphatic heterocycles. The summed E-state index contributed by atoms with van der Waals surface area (Å²) in [5.74, 6) is 1.89. The van der Waals surface area contributed by atoms with Gasteiger partial charge in [-0.05, 0) is 61.8 Å². The summed E-state index contributed by atoms with van der Waals surface area (Å²) < 4.78 is 3.26. The van der Waals surface area contributed by atoms with Gasteiger partial charge in [-0.2, -0.15) is 0 Å². The number of aromatic nitrogens is 3. The fourth-order valence-corrected chi connectivity index (χ4v) is 3.79. The van der Waals surface area contributed by atoms with E-state index >= 15 is 0 Å². The Hall–Kier alpha value is -1.72. The van der Waals surface area contributed by atoms with Crippen molar-refractivity contribution < 1.29 is 0 Å². The highest BCUT2D eigenvalue weighted by atomic mass is 32.1. The van der Waals surface area contributed by atoms with Crippen LogP contribution in [-0.4, -0.2) is 32.8 Å². The molecule has 0 atom stereocenters. The zero-order chi connectivity index (χ0) is 14.2. The van der Waals surface area contributed by atoms with Crippen LogP contribution < -0.4 is 0 Å². The molecule has 0 saturated carbocycles. The fraction of sp³-hybridized carbons (Fsp3) is 0.375. The van der Waals surface area contributed by atoms with E-state index in [4.69, 9.17) is 5.10 Å². The Labute approximate surface area is 128 Å². The van der Waals surface area contributed by atoms with Crippen LogP contribution in [0.25, 0.3) is 15.8 Å². The maximum absolute atomic E-state index is 4.70. The first-order valence-corrected chi connectivity index (χ1v) is 8.30. The molecule has 0 N–H and O–H groups in total. The summed E-state index contributed by atoms with van der Waals surface area (Å²) >= 11 is 1.77. The highest BCUT2D eigenvalue weighted by Crippen LogP contribution is 2.24. The summed E-state index contributed by atoms with van der Waals surface area (Å²) in [6, 6.07) is 8.62. The van der Waals surface area contributed by atoms with Gasteiger partial charge in [0.05, 0.1) is 12.2 Å². The largest absolute Gasteiger partial charge is 0.296 e. The van der Waals surface area contributed by atoms with E-state index in [-0.39, 0.29) is 0 Å². The van der Waals surface area contributed by atoms with Gasteiger partial charge in [-0.1, -0.05) is 6.07 Å². The molecular weight excluding hydrogens is 280 g/mol. The quantitative estimate of drug-likeness (QED) is 0.743. The molecule has 108 valence electrons. The predicted molar refractivity (Wildman–Crippen MR) is 86.0 cm³/mol. The maximum Gasteiger partial charge on any atom is 0.165 e. The SMILES string of the molecule is Cc1nc(CN2CCCC2)nn1-c1ccc2ccsc2c1. The molecule has 1 aliphatic rings. The van der Waals surface area contributed by atoms with E-state index in [2.05, 4.69) is 39.5 Å². The number of hydrogen-bond acceptors (Lipinski definition) is 4. The van der Waals surface area contributed by atoms with Crippen molar-refractivity contribution in [2.24, 2.45) is 0 Å². The first-order valence-electron chi connectivity index (χ1n) is 7.42. The van der Waals surface area contributed by atoms with Crippen LogP contribution in [0, 0.1) is 6.92 Å². The van der Waals surface area contributed by atoms with Gasteiger partial charge in [0.1, 0.15) is 5.82 Å². The van der Waals surface area contributed by atoms with Gasteiger partial charge < -0.3 is 0 Å². The first kappa shape index (κ1) is 13.0. The monoisotopic (exact) mass is 298 g/mol. The van der Waals surface area contributed by atoms with Gasteiger partial charge in [0.15, 0.2) is 5.82 Å². The summed E-state index contributed by atoms with van der Waals surface area (Å²) in [5.41, 5.74) is 1.10. The molecular formula is C16H18N4S. The zero-order valence-corrected chi connectivity index (χ0v) is 12.9. The molecule has 0 spiro atoms. The molecule has 2 aromatic heterocycles. The molecule has 1 saturated heterocycles. The van der Waals surface area contributed by atoms with Crippen LogP contribution in [-0.2, 0) is 6.54 Å².